The molecule has 0 aliphatic rings. The Balaban J connectivity index is 3.40. The van der Waals surface area contributed by atoms with E-state index in [4.69, 9.17) is 4.74 Å². The Morgan fingerprint density at radius 3 is 0.940 bits per heavy atom. The average molecular weight is 1170 g/mol. The first-order chi connectivity index (χ1) is 41.0. The maximum Gasteiger partial charge on any atom is 0.305 e. The zero-order chi connectivity index (χ0) is 59.9. The Hall–Kier alpha value is -1.92. The van der Waals surface area contributed by atoms with Crippen molar-refractivity contribution in [3.63, 3.8) is 0 Å². The summed E-state index contributed by atoms with van der Waals surface area (Å²) >= 11 is 0. The fourth-order valence-electron chi connectivity index (χ4n) is 11.9. The molecule has 1 amide bonds. The van der Waals surface area contributed by atoms with Crippen molar-refractivity contribution < 1.29 is 24.5 Å². The van der Waals surface area contributed by atoms with Crippen molar-refractivity contribution in [2.75, 3.05) is 13.2 Å². The summed E-state index contributed by atoms with van der Waals surface area (Å²) in [7, 11) is 0. The van der Waals surface area contributed by atoms with Crippen molar-refractivity contribution >= 4 is 11.9 Å². The van der Waals surface area contributed by atoms with Gasteiger partial charge in [-0.2, -0.15) is 0 Å². The maximum absolute atomic E-state index is 12.6. The number of rotatable bonds is 71. The van der Waals surface area contributed by atoms with Crippen LogP contribution in [0.2, 0.25) is 0 Å². The van der Waals surface area contributed by atoms with Gasteiger partial charge in [-0.3, -0.25) is 9.59 Å². The quantitative estimate of drug-likeness (QED) is 0.0320. The molecule has 6 heteroatoms. The summed E-state index contributed by atoms with van der Waals surface area (Å²) in [6.45, 7) is 4.97. The Bertz CT molecular complexity index is 1340. The summed E-state index contributed by atoms with van der Waals surface area (Å²) in [6, 6.07) is -0.546. The molecule has 0 bridgehead atoms. The van der Waals surface area contributed by atoms with Gasteiger partial charge in [0.25, 0.3) is 0 Å². The molecule has 0 aromatic rings. The van der Waals surface area contributed by atoms with E-state index in [0.29, 0.717) is 25.9 Å². The van der Waals surface area contributed by atoms with E-state index in [1.165, 1.54) is 334 Å². The van der Waals surface area contributed by atoms with Gasteiger partial charge in [-0.15, -0.1) is 0 Å². The van der Waals surface area contributed by atoms with Gasteiger partial charge in [0, 0.05) is 12.8 Å². The lowest BCUT2D eigenvalue weighted by molar-refractivity contribution is -0.143. The molecule has 0 rings (SSSR count). The highest BCUT2D eigenvalue weighted by Gasteiger charge is 2.20. The van der Waals surface area contributed by atoms with Crippen LogP contribution in [0.1, 0.15) is 418 Å². The van der Waals surface area contributed by atoms with Crippen LogP contribution in [0.4, 0.5) is 0 Å². The van der Waals surface area contributed by atoms with Crippen LogP contribution in [0.25, 0.3) is 0 Å². The number of hydrogen-bond donors (Lipinski definition) is 3. The van der Waals surface area contributed by atoms with Crippen molar-refractivity contribution in [1.29, 1.82) is 0 Å². The maximum atomic E-state index is 12.6. The monoisotopic (exact) mass is 1170 g/mol. The van der Waals surface area contributed by atoms with Crippen LogP contribution in [-0.4, -0.2) is 47.4 Å². The van der Waals surface area contributed by atoms with Crippen LogP contribution in [0, 0.1) is 0 Å². The summed E-state index contributed by atoms with van der Waals surface area (Å²) in [6.07, 6.45) is 93.5. The first-order valence-corrected chi connectivity index (χ1v) is 37.7. The zero-order valence-electron chi connectivity index (χ0n) is 56.2. The molecule has 0 aliphatic heterocycles. The third-order valence-electron chi connectivity index (χ3n) is 17.7. The van der Waals surface area contributed by atoms with Gasteiger partial charge in [-0.25, -0.2) is 0 Å². The van der Waals surface area contributed by atoms with E-state index in [2.05, 4.69) is 55.6 Å². The molecule has 0 spiro atoms. The highest BCUT2D eigenvalue weighted by Crippen LogP contribution is 2.19. The van der Waals surface area contributed by atoms with Crippen molar-refractivity contribution in [3.8, 4) is 0 Å². The molecule has 83 heavy (non-hydrogen) atoms. The van der Waals surface area contributed by atoms with Crippen molar-refractivity contribution in [3.05, 3.63) is 36.5 Å². The van der Waals surface area contributed by atoms with E-state index >= 15 is 0 Å². The predicted molar refractivity (Wildman–Crippen MR) is 366 cm³/mol. The van der Waals surface area contributed by atoms with Gasteiger partial charge in [-0.1, -0.05) is 359 Å². The average Bonchev–Trinajstić information content (AvgIpc) is 3.49. The van der Waals surface area contributed by atoms with Gasteiger partial charge in [0.1, 0.15) is 0 Å². The van der Waals surface area contributed by atoms with Crippen LogP contribution in [-0.2, 0) is 14.3 Å². The minimum atomic E-state index is -0.669. The summed E-state index contributed by atoms with van der Waals surface area (Å²) in [4.78, 5) is 24.7. The molecule has 0 aromatic heterocycles. The van der Waals surface area contributed by atoms with Crippen molar-refractivity contribution in [2.24, 2.45) is 0 Å². The molecule has 0 radical (unpaired) electrons. The molecule has 490 valence electrons. The zero-order valence-corrected chi connectivity index (χ0v) is 56.2. The summed E-state index contributed by atoms with van der Waals surface area (Å²) in [5.74, 6) is -0.0325. The summed E-state index contributed by atoms with van der Waals surface area (Å²) in [5, 5.41) is 23.5. The van der Waals surface area contributed by atoms with Gasteiger partial charge in [0.2, 0.25) is 5.91 Å². The number of unbranched alkanes of at least 4 members (excludes halogenated alkanes) is 54. The topological polar surface area (TPSA) is 95.9 Å². The van der Waals surface area contributed by atoms with E-state index in [1.807, 2.05) is 0 Å². The largest absolute Gasteiger partial charge is 0.466 e. The van der Waals surface area contributed by atoms with Gasteiger partial charge in [0.05, 0.1) is 25.4 Å². The number of aliphatic hydroxyl groups excluding tert-OH is 2. The molecule has 0 saturated heterocycles. The van der Waals surface area contributed by atoms with Crippen molar-refractivity contribution in [2.45, 2.75) is 431 Å². The number of aliphatic hydroxyl groups is 2. The van der Waals surface area contributed by atoms with E-state index < -0.39 is 12.1 Å². The number of allylic oxidation sites excluding steroid dienone is 6. The summed E-state index contributed by atoms with van der Waals surface area (Å²) in [5.41, 5.74) is 0. The van der Waals surface area contributed by atoms with Gasteiger partial charge in [0.15, 0.2) is 0 Å². The fourth-order valence-corrected chi connectivity index (χ4v) is 11.9. The molecular formula is C77H147NO5. The minimum Gasteiger partial charge on any atom is -0.466 e. The second-order valence-electron chi connectivity index (χ2n) is 26.0. The molecule has 0 aromatic carbocycles. The third-order valence-corrected chi connectivity index (χ3v) is 17.7. The number of amides is 1. The Labute approximate surface area is 519 Å². The second kappa shape index (κ2) is 72.6. The number of esters is 1. The van der Waals surface area contributed by atoms with Crippen molar-refractivity contribution in [1.82, 2.24) is 5.32 Å². The second-order valence-corrected chi connectivity index (χ2v) is 26.0. The Morgan fingerprint density at radius 2 is 0.602 bits per heavy atom. The first-order valence-electron chi connectivity index (χ1n) is 37.7. The summed E-state index contributed by atoms with van der Waals surface area (Å²) < 4.78 is 5.49. The minimum absolute atomic E-state index is 0.000807. The third kappa shape index (κ3) is 69.1. The Morgan fingerprint density at radius 1 is 0.337 bits per heavy atom. The number of carbonyl (C=O) groups is 2. The van der Waals surface area contributed by atoms with Crippen LogP contribution in [0.3, 0.4) is 0 Å². The Kier molecular flexibility index (Phi) is 70.9. The molecule has 0 heterocycles. The number of ether oxygens (including phenoxy) is 1. The smallest absolute Gasteiger partial charge is 0.305 e. The SMILES string of the molecule is CCCCCC/C=C\C/C=C\CCCCCCCC(=O)OCCCCCCCCCCCCCC/C=C\CCCCCCCCCCCC(=O)NC(CO)C(O)CCCCCCCCCCCCCCCCCCCCCCCCCCC. The highest BCUT2D eigenvalue weighted by atomic mass is 16.5. The molecular weight excluding hydrogens is 1020 g/mol. The van der Waals surface area contributed by atoms with E-state index in [9.17, 15) is 19.8 Å². The molecule has 6 nitrogen and oxygen atoms in total. The molecule has 2 unspecified atom stereocenters. The van der Waals surface area contributed by atoms with Crippen LogP contribution in [0.5, 0.6) is 0 Å². The normalized spacial score (nSPS) is 12.7. The van der Waals surface area contributed by atoms with E-state index in [-0.39, 0.29) is 18.5 Å². The van der Waals surface area contributed by atoms with Crippen LogP contribution in [0.15, 0.2) is 36.5 Å². The van der Waals surface area contributed by atoms with Gasteiger partial charge in [-0.05, 0) is 83.5 Å². The number of carbonyl (C=O) groups excluding carboxylic acids is 2. The van der Waals surface area contributed by atoms with Crippen LogP contribution >= 0.6 is 0 Å². The fraction of sp³-hybridized carbons (Fsp3) is 0.896. The lowest BCUT2D eigenvalue weighted by Crippen LogP contribution is -2.45. The molecule has 3 N–H and O–H groups in total. The van der Waals surface area contributed by atoms with Crippen LogP contribution < -0.4 is 5.32 Å². The lowest BCUT2D eigenvalue weighted by atomic mass is 10.0. The number of nitrogens with one attached hydrogen (secondary N) is 1. The molecule has 0 saturated carbocycles. The molecule has 2 atom stereocenters. The number of hydrogen-bond acceptors (Lipinski definition) is 5. The highest BCUT2D eigenvalue weighted by molar-refractivity contribution is 5.76. The predicted octanol–water partition coefficient (Wildman–Crippen LogP) is 24.7. The first kappa shape index (κ1) is 81.1. The van der Waals surface area contributed by atoms with Gasteiger partial charge >= 0.3 is 5.97 Å². The van der Waals surface area contributed by atoms with E-state index in [1.54, 1.807) is 0 Å². The van der Waals surface area contributed by atoms with E-state index in [0.717, 1.165) is 51.4 Å². The lowest BCUT2D eigenvalue weighted by Gasteiger charge is -2.22. The standard InChI is InChI=1S/C77H147NO5/c1-3-5-7-9-11-13-15-17-19-21-22-23-24-26-29-32-35-38-41-45-49-53-57-61-65-69-75(80)74(73-79)78-76(81)70-66-62-58-54-50-46-42-39-36-33-30-27-25-28-31-34-37-40-44-48-52-56-60-64-68-72-83-77(82)71-67-63-59-55-51-47-43-20-18-16-14-12-10-8-6-4-2/h14,16,20,27,30,43,74-75,79-80H,3-13,15,17-19,21-26,28-29,31-42,44-73H2,1-2H3,(H,78,81)/b16-14-,30-27-,43-20-. The van der Waals surface area contributed by atoms with Gasteiger partial charge < -0.3 is 20.3 Å². The molecule has 0 fully saturated rings. The molecule has 0 aliphatic carbocycles.